The zero-order valence-electron chi connectivity index (χ0n) is 10.4. The Balaban J connectivity index is 3.06. The van der Waals surface area contributed by atoms with E-state index in [2.05, 4.69) is 4.37 Å². The van der Waals surface area contributed by atoms with Crippen molar-refractivity contribution in [3.05, 3.63) is 0 Å². The summed E-state index contributed by atoms with van der Waals surface area (Å²) in [5.74, 6) is 0.366. The summed E-state index contributed by atoms with van der Waals surface area (Å²) in [4.78, 5) is 1.19. The number of nitrogens with two attached hydrogens (primary N) is 1. The molecule has 104 valence electrons. The number of ether oxygens (including phenoxy) is 1. The van der Waals surface area contributed by atoms with Gasteiger partial charge in [-0.3, -0.25) is 0 Å². The number of hydrogen-bond acceptors (Lipinski definition) is 5. The van der Waals surface area contributed by atoms with Crippen molar-refractivity contribution in [2.75, 3.05) is 23.8 Å². The highest BCUT2D eigenvalue weighted by molar-refractivity contribution is 7.11. The normalized spacial score (nSPS) is 11.9. The monoisotopic (exact) mass is 283 g/mol. The zero-order valence-corrected chi connectivity index (χ0v) is 11.2. The second kappa shape index (κ2) is 5.64. The van der Waals surface area contributed by atoms with Crippen LogP contribution in [-0.4, -0.2) is 29.7 Å². The molecule has 18 heavy (non-hydrogen) atoms. The molecule has 0 aliphatic carbocycles. The van der Waals surface area contributed by atoms with Gasteiger partial charge in [-0.05, 0) is 32.3 Å². The second-order valence-corrected chi connectivity index (χ2v) is 4.72. The van der Waals surface area contributed by atoms with E-state index < -0.39 is 12.7 Å². The Kier molecular flexibility index (Phi) is 4.66. The summed E-state index contributed by atoms with van der Waals surface area (Å²) in [6.07, 6.45) is -4.29. The van der Waals surface area contributed by atoms with Crippen molar-refractivity contribution in [2.45, 2.75) is 33.0 Å². The predicted octanol–water partition coefficient (Wildman–Crippen LogP) is 2.90. The fourth-order valence-corrected chi connectivity index (χ4v) is 2.32. The van der Waals surface area contributed by atoms with Gasteiger partial charge in [-0.15, -0.1) is 0 Å². The molecular formula is C10H16F3N3OS. The van der Waals surface area contributed by atoms with Crippen LogP contribution in [-0.2, 0) is 0 Å². The lowest BCUT2D eigenvalue weighted by Gasteiger charge is -2.28. The molecular weight excluding hydrogens is 267 g/mol. The maximum atomic E-state index is 12.5. The SMILES string of the molecule is CCOc1c(N)nsc1N(CC(F)(F)F)C(C)C. The molecule has 0 spiro atoms. The number of rotatable bonds is 5. The minimum atomic E-state index is -4.29. The molecule has 0 aliphatic rings. The van der Waals surface area contributed by atoms with Crippen molar-refractivity contribution < 1.29 is 17.9 Å². The molecule has 0 bridgehead atoms. The van der Waals surface area contributed by atoms with E-state index in [1.165, 1.54) is 4.90 Å². The largest absolute Gasteiger partial charge is 0.487 e. The molecule has 0 radical (unpaired) electrons. The van der Waals surface area contributed by atoms with E-state index in [0.717, 1.165) is 11.5 Å². The Morgan fingerprint density at radius 2 is 2.06 bits per heavy atom. The van der Waals surface area contributed by atoms with Gasteiger partial charge in [0.05, 0.1) is 6.61 Å². The summed E-state index contributed by atoms with van der Waals surface area (Å²) in [6.45, 7) is 4.37. The number of halogens is 3. The molecule has 0 saturated carbocycles. The van der Waals surface area contributed by atoms with Crippen molar-refractivity contribution in [1.82, 2.24) is 4.37 Å². The fraction of sp³-hybridized carbons (Fsp3) is 0.700. The van der Waals surface area contributed by atoms with Gasteiger partial charge in [-0.1, -0.05) is 0 Å². The molecule has 0 aromatic carbocycles. The van der Waals surface area contributed by atoms with Gasteiger partial charge in [0.25, 0.3) is 0 Å². The van der Waals surface area contributed by atoms with Crippen LogP contribution in [0.15, 0.2) is 0 Å². The van der Waals surface area contributed by atoms with Gasteiger partial charge in [-0.2, -0.15) is 17.5 Å². The minimum absolute atomic E-state index is 0.129. The molecule has 0 amide bonds. The minimum Gasteiger partial charge on any atom is -0.487 e. The van der Waals surface area contributed by atoms with Crippen molar-refractivity contribution in [3.63, 3.8) is 0 Å². The Bertz CT molecular complexity index is 392. The van der Waals surface area contributed by atoms with E-state index in [9.17, 15) is 13.2 Å². The van der Waals surface area contributed by atoms with Gasteiger partial charge in [0.1, 0.15) is 6.54 Å². The van der Waals surface area contributed by atoms with Gasteiger partial charge in [0.15, 0.2) is 16.6 Å². The van der Waals surface area contributed by atoms with Gasteiger partial charge >= 0.3 is 6.18 Å². The van der Waals surface area contributed by atoms with Crippen LogP contribution >= 0.6 is 11.5 Å². The van der Waals surface area contributed by atoms with E-state index in [4.69, 9.17) is 10.5 Å². The number of anilines is 2. The third-order valence-electron chi connectivity index (χ3n) is 2.18. The second-order valence-electron chi connectivity index (χ2n) is 3.97. The molecule has 0 fully saturated rings. The lowest BCUT2D eigenvalue weighted by atomic mass is 10.3. The summed E-state index contributed by atoms with van der Waals surface area (Å²) in [5.41, 5.74) is 5.60. The van der Waals surface area contributed by atoms with Crippen molar-refractivity contribution in [1.29, 1.82) is 0 Å². The van der Waals surface area contributed by atoms with Crippen LogP contribution < -0.4 is 15.4 Å². The van der Waals surface area contributed by atoms with Crippen molar-refractivity contribution in [2.24, 2.45) is 0 Å². The van der Waals surface area contributed by atoms with Crippen molar-refractivity contribution >= 4 is 22.4 Å². The first-order chi connectivity index (χ1) is 8.26. The maximum absolute atomic E-state index is 12.5. The first-order valence-corrected chi connectivity index (χ1v) is 6.25. The molecule has 8 heteroatoms. The highest BCUT2D eigenvalue weighted by Crippen LogP contribution is 2.40. The van der Waals surface area contributed by atoms with E-state index >= 15 is 0 Å². The first-order valence-electron chi connectivity index (χ1n) is 5.47. The first kappa shape index (κ1) is 14.9. The summed E-state index contributed by atoms with van der Waals surface area (Å²) < 4.78 is 46.8. The summed E-state index contributed by atoms with van der Waals surface area (Å²) in [5, 5.41) is 0.321. The van der Waals surface area contributed by atoms with E-state index in [-0.39, 0.29) is 17.6 Å². The molecule has 4 nitrogen and oxygen atoms in total. The number of nitrogens with zero attached hydrogens (tertiary/aromatic N) is 2. The molecule has 1 aromatic heterocycles. The van der Waals surface area contributed by atoms with Crippen molar-refractivity contribution in [3.8, 4) is 5.75 Å². The van der Waals surface area contributed by atoms with E-state index in [1.807, 2.05) is 0 Å². The highest BCUT2D eigenvalue weighted by atomic mass is 32.1. The fourth-order valence-electron chi connectivity index (χ4n) is 1.43. The topological polar surface area (TPSA) is 51.4 Å². The third-order valence-corrected chi connectivity index (χ3v) is 3.06. The Hall–Kier alpha value is -1.18. The van der Waals surface area contributed by atoms with Crippen LogP contribution in [0, 0.1) is 0 Å². The van der Waals surface area contributed by atoms with Crippen LogP contribution in [0.5, 0.6) is 5.75 Å². The standard InChI is InChI=1S/C10H16F3N3OS/c1-4-17-7-8(14)15-18-9(7)16(6(2)3)5-10(11,12)13/h6H,4-5H2,1-3H3,(H2,14,15). The molecule has 1 rings (SSSR count). The van der Waals surface area contributed by atoms with Crippen LogP contribution in [0.1, 0.15) is 20.8 Å². The molecule has 0 unspecified atom stereocenters. The molecule has 1 heterocycles. The molecule has 0 atom stereocenters. The molecule has 0 aliphatic heterocycles. The molecule has 0 saturated heterocycles. The van der Waals surface area contributed by atoms with Crippen LogP contribution in [0.3, 0.4) is 0 Å². The number of nitrogen functional groups attached to an aromatic ring is 1. The van der Waals surface area contributed by atoms with Gasteiger partial charge in [-0.25, -0.2) is 0 Å². The van der Waals surface area contributed by atoms with Gasteiger partial charge in [0.2, 0.25) is 0 Å². The quantitative estimate of drug-likeness (QED) is 0.902. The highest BCUT2D eigenvalue weighted by Gasteiger charge is 2.34. The van der Waals surface area contributed by atoms with E-state index in [1.54, 1.807) is 20.8 Å². The van der Waals surface area contributed by atoms with Gasteiger partial charge < -0.3 is 15.4 Å². The average Bonchev–Trinajstić information content (AvgIpc) is 2.56. The van der Waals surface area contributed by atoms with Crippen LogP contribution in [0.4, 0.5) is 24.0 Å². The summed E-state index contributed by atoms with van der Waals surface area (Å²) >= 11 is 0.919. The van der Waals surface area contributed by atoms with Crippen LogP contribution in [0.2, 0.25) is 0 Å². The lowest BCUT2D eigenvalue weighted by molar-refractivity contribution is -0.120. The Morgan fingerprint density at radius 1 is 1.44 bits per heavy atom. The van der Waals surface area contributed by atoms with Crippen LogP contribution in [0.25, 0.3) is 0 Å². The Labute approximate surface area is 108 Å². The average molecular weight is 283 g/mol. The number of hydrogen-bond donors (Lipinski definition) is 1. The third kappa shape index (κ3) is 3.66. The zero-order chi connectivity index (χ0) is 13.9. The predicted molar refractivity (Wildman–Crippen MR) is 66.2 cm³/mol. The molecule has 1 aromatic rings. The molecule has 2 N–H and O–H groups in total. The summed E-state index contributed by atoms with van der Waals surface area (Å²) in [7, 11) is 0. The summed E-state index contributed by atoms with van der Waals surface area (Å²) in [6, 6.07) is -0.328. The Morgan fingerprint density at radius 3 is 2.50 bits per heavy atom. The number of aromatic nitrogens is 1. The van der Waals surface area contributed by atoms with E-state index in [0.29, 0.717) is 11.6 Å². The van der Waals surface area contributed by atoms with Gasteiger partial charge in [0, 0.05) is 6.04 Å². The lowest BCUT2D eigenvalue weighted by Crippen LogP contribution is -2.38. The maximum Gasteiger partial charge on any atom is 0.405 e. The number of alkyl halides is 3. The smallest absolute Gasteiger partial charge is 0.405 e.